The van der Waals surface area contributed by atoms with Gasteiger partial charge in [-0.1, -0.05) is 0 Å². The molecule has 0 spiro atoms. The molecule has 0 saturated heterocycles. The Morgan fingerprint density at radius 1 is 0.623 bits per heavy atom. The zero-order chi connectivity index (χ0) is 37.1. The number of rotatable bonds is 10. The van der Waals surface area contributed by atoms with E-state index in [9.17, 15) is 0 Å². The molecule has 269 valence electrons. The number of hydrogen-bond acceptors (Lipinski definition) is 0. The summed E-state index contributed by atoms with van der Waals surface area (Å²) in [5.41, 5.74) is 14.9. The third kappa shape index (κ3) is 5.94. The van der Waals surface area contributed by atoms with Crippen molar-refractivity contribution in [2.45, 2.75) is 73.7 Å². The summed E-state index contributed by atoms with van der Waals surface area (Å²) in [6, 6.07) is 42.7. The van der Waals surface area contributed by atoms with Crippen LogP contribution in [-0.2, 0) is 15.6 Å². The van der Waals surface area contributed by atoms with Gasteiger partial charge in [-0.25, -0.2) is 0 Å². The van der Waals surface area contributed by atoms with Gasteiger partial charge in [-0.2, -0.15) is 0 Å². The van der Waals surface area contributed by atoms with Gasteiger partial charge in [0.2, 0.25) is 0 Å². The van der Waals surface area contributed by atoms with Crippen molar-refractivity contribution in [2.24, 2.45) is 5.92 Å². The predicted molar refractivity (Wildman–Crippen MR) is 235 cm³/mol. The number of halogens is 2. The summed E-state index contributed by atoms with van der Waals surface area (Å²) in [5, 5.41) is 5.11. The zero-order valence-electron chi connectivity index (χ0n) is 32.0. The first-order chi connectivity index (χ1) is 25.5. The Hall–Kier alpha value is -3.00. The van der Waals surface area contributed by atoms with Crippen LogP contribution in [0, 0.1) is 12.8 Å². The normalized spacial score (nSPS) is 17.6. The van der Waals surface area contributed by atoms with Gasteiger partial charge in [0, 0.05) is 0 Å². The Balaban J connectivity index is 1.38. The van der Waals surface area contributed by atoms with E-state index in [1.165, 1.54) is 95.6 Å². The summed E-state index contributed by atoms with van der Waals surface area (Å²) >= 11 is -5.01. The van der Waals surface area contributed by atoms with Crippen LogP contribution >= 0.6 is 17.0 Å². The van der Waals surface area contributed by atoms with Crippen LogP contribution in [0.15, 0.2) is 126 Å². The number of benzene rings is 6. The van der Waals surface area contributed by atoms with Gasteiger partial charge in [0.05, 0.1) is 0 Å². The molecule has 6 aromatic carbocycles. The monoisotopic (exact) mass is 827 g/mol. The van der Waals surface area contributed by atoms with Crippen molar-refractivity contribution in [3.63, 3.8) is 0 Å². The molecule has 6 aromatic rings. The number of allylic oxidation sites excluding steroid dienone is 2. The van der Waals surface area contributed by atoms with E-state index < -0.39 is 21.5 Å². The molecule has 0 aromatic heterocycles. The molecule has 2 atom stereocenters. The quantitative estimate of drug-likeness (QED) is 0.0953. The molecule has 2 unspecified atom stereocenters. The fourth-order valence-electron chi connectivity index (χ4n) is 9.93. The second-order valence-corrected chi connectivity index (χ2v) is 58.8. The number of hydrogen-bond donors (Lipinski definition) is 0. The maximum atomic E-state index is 8.96. The first kappa shape index (κ1) is 36.9. The van der Waals surface area contributed by atoms with Gasteiger partial charge >= 0.3 is 328 Å². The van der Waals surface area contributed by atoms with E-state index in [-0.39, 0.29) is 7.25 Å². The van der Waals surface area contributed by atoms with Crippen LogP contribution < -0.4 is 0 Å². The maximum absolute atomic E-state index is 8.96. The molecule has 0 bridgehead atoms. The van der Waals surface area contributed by atoms with Crippen molar-refractivity contribution in [1.29, 1.82) is 0 Å². The molecular formula is C49H51Cl2SiZr. The Kier molecular flexibility index (Phi) is 9.94. The fraction of sp³-hybridized carbons (Fsp3) is 0.265. The van der Waals surface area contributed by atoms with Gasteiger partial charge in [0.25, 0.3) is 0 Å². The molecule has 53 heavy (non-hydrogen) atoms. The van der Waals surface area contributed by atoms with E-state index >= 15 is 0 Å². The molecule has 4 heteroatoms. The average Bonchev–Trinajstić information content (AvgIpc) is 3.77. The van der Waals surface area contributed by atoms with E-state index in [2.05, 4.69) is 168 Å². The predicted octanol–water partition coefficient (Wildman–Crippen LogP) is 15.4. The Morgan fingerprint density at radius 3 is 1.79 bits per heavy atom. The van der Waals surface area contributed by atoms with E-state index in [0.717, 1.165) is 12.8 Å². The van der Waals surface area contributed by atoms with Gasteiger partial charge < -0.3 is 0 Å². The standard InChI is InChI=1S/C25H25.C22H19.C2H7Si.2ClH.Zr/c1-3-4-5-9-19-16-24-18(2)14-15-23(25(24)17-19)22-13-8-11-20-10-6-7-12-21(20)22;1-15(2)18-13-17-9-6-12-21(22(17)14-18)20-11-5-8-16-7-3-4-10-19(16)20;1-3-2;;;/h6-8,10-17H,3-5,9H2,1-2H3;3-15H,1-2H3;3H,1-2H3;2*1H;/q;;;;;+2/p-2. The summed E-state index contributed by atoms with van der Waals surface area (Å²) in [6.45, 7) is 14.3. The molecule has 2 aliphatic carbocycles. The van der Waals surface area contributed by atoms with E-state index in [1.807, 2.05) is 0 Å². The van der Waals surface area contributed by atoms with Crippen LogP contribution in [0.4, 0.5) is 0 Å². The van der Waals surface area contributed by atoms with Crippen LogP contribution in [-0.4, -0.2) is 5.92 Å². The van der Waals surface area contributed by atoms with Gasteiger partial charge in [-0.15, -0.1) is 0 Å². The van der Waals surface area contributed by atoms with Crippen LogP contribution in [0.3, 0.4) is 0 Å². The summed E-state index contributed by atoms with van der Waals surface area (Å²) in [6.07, 6.45) is 9.69. The van der Waals surface area contributed by atoms with E-state index in [0.29, 0.717) is 5.92 Å². The van der Waals surface area contributed by atoms with Crippen LogP contribution in [0.2, 0.25) is 13.1 Å². The van der Waals surface area contributed by atoms with E-state index in [1.54, 1.807) is 0 Å². The third-order valence-electron chi connectivity index (χ3n) is 12.7. The Morgan fingerprint density at radius 2 is 1.19 bits per heavy atom. The second-order valence-electron chi connectivity index (χ2n) is 16.3. The molecule has 0 radical (unpaired) electrons. The summed E-state index contributed by atoms with van der Waals surface area (Å²) in [5.74, 6) is -1.40. The first-order valence-corrected chi connectivity index (χ1v) is 36.1. The average molecular weight is 830 g/mol. The Labute approximate surface area is 325 Å². The molecule has 0 aliphatic heterocycles. The van der Waals surface area contributed by atoms with Crippen molar-refractivity contribution in [1.82, 2.24) is 0 Å². The SMILES string of the molecule is CCCCCC1=Cc2c(-c3cccc4ccccc34)ccc(C)c2[CH]1[Zr]([Cl])([Cl])([CH]1C(C(C)C)=Cc2c(-c3cccc4ccccc34)cccc21)[SiH](C)C. The van der Waals surface area contributed by atoms with Gasteiger partial charge in [-0.3, -0.25) is 0 Å². The van der Waals surface area contributed by atoms with Crippen LogP contribution in [0.5, 0.6) is 0 Å². The summed E-state index contributed by atoms with van der Waals surface area (Å²) < 4.78 is 0.134. The summed E-state index contributed by atoms with van der Waals surface area (Å²) in [4.78, 5) is 0. The number of aryl methyl sites for hydroxylation is 1. The van der Waals surface area contributed by atoms with Gasteiger partial charge in [-0.05, 0) is 0 Å². The Bertz CT molecular complexity index is 2440. The molecule has 0 heterocycles. The first-order valence-electron chi connectivity index (χ1n) is 19.8. The molecule has 2 aliphatic rings. The molecule has 0 saturated carbocycles. The summed E-state index contributed by atoms with van der Waals surface area (Å²) in [7, 11) is 17.9. The number of unbranched alkanes of at least 4 members (excludes halogenated alkanes) is 2. The molecule has 0 fully saturated rings. The van der Waals surface area contributed by atoms with Crippen LogP contribution in [0.25, 0.3) is 56.0 Å². The van der Waals surface area contributed by atoms with Crippen molar-refractivity contribution in [3.8, 4) is 22.3 Å². The second kappa shape index (κ2) is 14.3. The van der Waals surface area contributed by atoms with Crippen molar-refractivity contribution in [2.75, 3.05) is 0 Å². The van der Waals surface area contributed by atoms with Gasteiger partial charge in [0.15, 0.2) is 0 Å². The fourth-order valence-corrected chi connectivity index (χ4v) is 41.5. The number of fused-ring (bicyclic) bond motifs is 4. The topological polar surface area (TPSA) is 0 Å². The molecule has 0 nitrogen and oxygen atoms in total. The van der Waals surface area contributed by atoms with Gasteiger partial charge in [0.1, 0.15) is 0 Å². The van der Waals surface area contributed by atoms with Crippen LogP contribution in [0.1, 0.15) is 81.5 Å². The zero-order valence-corrected chi connectivity index (χ0v) is 37.1. The minimum absolute atomic E-state index is 0.0579. The third-order valence-corrected chi connectivity index (χ3v) is 64.4. The molecule has 8 rings (SSSR count). The van der Waals surface area contributed by atoms with Crippen molar-refractivity contribution in [3.05, 3.63) is 154 Å². The molecular weight excluding hydrogens is 779 g/mol. The molecule has 0 N–H and O–H groups in total. The van der Waals surface area contributed by atoms with Crippen molar-refractivity contribution < 1.29 is 15.6 Å². The molecule has 0 amide bonds. The van der Waals surface area contributed by atoms with Crippen molar-refractivity contribution >= 4 is 56.6 Å². The van der Waals surface area contributed by atoms with E-state index in [4.69, 9.17) is 17.0 Å². The minimum atomic E-state index is -5.01.